The number of halogens is 1. The number of carbonyl (C=O) groups is 1. The molecule has 0 atom stereocenters. The van der Waals surface area contributed by atoms with Crippen molar-refractivity contribution in [3.63, 3.8) is 0 Å². The molecule has 8 heteroatoms. The Kier molecular flexibility index (Phi) is 4.81. The van der Waals surface area contributed by atoms with E-state index in [0.717, 1.165) is 20.6 Å². The van der Waals surface area contributed by atoms with Crippen LogP contribution in [0.25, 0.3) is 5.78 Å². The van der Waals surface area contributed by atoms with Gasteiger partial charge in [-0.05, 0) is 54.6 Å². The van der Waals surface area contributed by atoms with E-state index >= 15 is 0 Å². The maximum Gasteiger partial charge on any atom is 0.253 e. The molecule has 0 spiro atoms. The minimum absolute atomic E-state index is 0.0844. The van der Waals surface area contributed by atoms with E-state index in [1.807, 2.05) is 44.2 Å². The lowest BCUT2D eigenvalue weighted by Crippen LogP contribution is -2.14. The predicted molar refractivity (Wildman–Crippen MR) is 98.8 cm³/mol. The first-order valence-electron chi connectivity index (χ1n) is 6.91. The molecule has 1 aromatic carbocycles. The Balaban J connectivity index is 1.67. The highest BCUT2D eigenvalue weighted by Gasteiger charge is 2.11. The molecule has 6 nitrogen and oxygen atoms in total. The molecule has 0 unspecified atom stereocenters. The van der Waals surface area contributed by atoms with Crippen molar-refractivity contribution in [3.8, 4) is 0 Å². The van der Waals surface area contributed by atoms with Crippen LogP contribution in [0.1, 0.15) is 11.4 Å². The van der Waals surface area contributed by atoms with Crippen LogP contribution in [0.3, 0.4) is 0 Å². The molecule has 0 aliphatic carbocycles. The van der Waals surface area contributed by atoms with Crippen LogP contribution in [0.5, 0.6) is 0 Å². The maximum absolute atomic E-state index is 12.1. The first kappa shape index (κ1) is 16.2. The molecule has 0 fully saturated rings. The lowest BCUT2D eigenvalue weighted by atomic mass is 10.3. The molecule has 0 saturated carbocycles. The van der Waals surface area contributed by atoms with Gasteiger partial charge in [0.15, 0.2) is 0 Å². The lowest BCUT2D eigenvalue weighted by Gasteiger charge is -2.05. The molecule has 0 radical (unpaired) electrons. The van der Waals surface area contributed by atoms with Crippen LogP contribution in [0, 0.1) is 17.4 Å². The Morgan fingerprint density at radius 2 is 2.09 bits per heavy atom. The summed E-state index contributed by atoms with van der Waals surface area (Å²) in [5.74, 6) is 0.724. The number of carbonyl (C=O) groups excluding carboxylic acids is 1. The zero-order chi connectivity index (χ0) is 16.4. The summed E-state index contributed by atoms with van der Waals surface area (Å²) in [5, 5.41) is 7.81. The number of thioether (sulfide) groups is 1. The minimum Gasteiger partial charge on any atom is -0.324 e. The Morgan fingerprint density at radius 1 is 1.30 bits per heavy atom. The van der Waals surface area contributed by atoms with E-state index < -0.39 is 0 Å². The number of hydrogen-bond donors (Lipinski definition) is 1. The first-order valence-corrected chi connectivity index (χ1v) is 8.97. The van der Waals surface area contributed by atoms with Crippen LogP contribution < -0.4 is 5.32 Å². The Bertz CT molecular complexity index is 879. The van der Waals surface area contributed by atoms with Crippen molar-refractivity contribution in [2.75, 3.05) is 11.1 Å². The number of aryl methyl sites for hydroxylation is 2. The molecule has 0 bridgehead atoms. The van der Waals surface area contributed by atoms with Crippen LogP contribution in [-0.2, 0) is 4.79 Å². The van der Waals surface area contributed by atoms with Crippen molar-refractivity contribution in [2.24, 2.45) is 0 Å². The summed E-state index contributed by atoms with van der Waals surface area (Å²) in [6, 6.07) is 9.60. The highest BCUT2D eigenvalue weighted by molar-refractivity contribution is 14.1. The Morgan fingerprint density at radius 3 is 2.87 bits per heavy atom. The van der Waals surface area contributed by atoms with Crippen LogP contribution in [-0.4, -0.2) is 31.2 Å². The van der Waals surface area contributed by atoms with Crippen LogP contribution in [0.2, 0.25) is 0 Å². The van der Waals surface area contributed by atoms with Gasteiger partial charge in [0.2, 0.25) is 11.1 Å². The number of anilines is 1. The second kappa shape index (κ2) is 6.83. The van der Waals surface area contributed by atoms with Gasteiger partial charge in [-0.2, -0.15) is 4.98 Å². The van der Waals surface area contributed by atoms with Gasteiger partial charge in [-0.1, -0.05) is 23.9 Å². The predicted octanol–water partition coefficient (Wildman–Crippen LogP) is 3.08. The monoisotopic (exact) mass is 439 g/mol. The molecule has 0 aliphatic heterocycles. The smallest absolute Gasteiger partial charge is 0.253 e. The van der Waals surface area contributed by atoms with Gasteiger partial charge in [-0.3, -0.25) is 4.79 Å². The fraction of sp³-hybridized carbons (Fsp3) is 0.200. The first-order chi connectivity index (χ1) is 11.0. The molecular weight excluding hydrogens is 425 g/mol. The molecule has 3 rings (SSSR count). The van der Waals surface area contributed by atoms with Gasteiger partial charge in [-0.15, -0.1) is 5.10 Å². The van der Waals surface area contributed by atoms with Crippen molar-refractivity contribution >= 4 is 51.7 Å². The van der Waals surface area contributed by atoms with E-state index in [2.05, 4.69) is 43.0 Å². The van der Waals surface area contributed by atoms with E-state index in [1.165, 1.54) is 11.8 Å². The molecule has 1 N–H and O–H groups in total. The fourth-order valence-corrected chi connectivity index (χ4v) is 3.23. The largest absolute Gasteiger partial charge is 0.324 e. The summed E-state index contributed by atoms with van der Waals surface area (Å²) in [5.41, 5.74) is 2.68. The normalized spacial score (nSPS) is 10.9. The van der Waals surface area contributed by atoms with Gasteiger partial charge in [0.1, 0.15) is 0 Å². The number of rotatable bonds is 4. The third-order valence-corrected chi connectivity index (χ3v) is 4.86. The van der Waals surface area contributed by atoms with Crippen LogP contribution in [0.15, 0.2) is 35.5 Å². The van der Waals surface area contributed by atoms with Gasteiger partial charge < -0.3 is 5.32 Å². The quantitative estimate of drug-likeness (QED) is 0.500. The third kappa shape index (κ3) is 3.81. The number of benzene rings is 1. The van der Waals surface area contributed by atoms with E-state index in [9.17, 15) is 4.79 Å². The van der Waals surface area contributed by atoms with Gasteiger partial charge in [0, 0.05) is 15.0 Å². The van der Waals surface area contributed by atoms with Crippen molar-refractivity contribution < 1.29 is 4.79 Å². The van der Waals surface area contributed by atoms with E-state index in [4.69, 9.17) is 0 Å². The minimum atomic E-state index is -0.0844. The summed E-state index contributed by atoms with van der Waals surface area (Å²) in [4.78, 5) is 20.8. The molecule has 0 saturated heterocycles. The zero-order valence-electron chi connectivity index (χ0n) is 12.6. The molecular formula is C15H14IN5OS. The number of amides is 1. The fourth-order valence-electron chi connectivity index (χ4n) is 2.09. The molecule has 2 heterocycles. The highest BCUT2D eigenvalue weighted by atomic mass is 127. The average Bonchev–Trinajstić information content (AvgIpc) is 2.91. The molecule has 3 aromatic rings. The molecule has 2 aromatic heterocycles. The van der Waals surface area contributed by atoms with E-state index in [1.54, 1.807) is 4.52 Å². The molecule has 0 aliphatic rings. The Hall–Kier alpha value is -1.68. The van der Waals surface area contributed by atoms with Crippen LogP contribution >= 0.6 is 34.4 Å². The standard InChI is InChI=1S/C15H14IN5OS/c1-9-7-10(2)21-14(17-9)19-15(20-21)23-8-13(22)18-12-6-4-3-5-11(12)16/h3-7H,8H2,1-2H3,(H,18,22). The molecule has 23 heavy (non-hydrogen) atoms. The van der Waals surface area contributed by atoms with Gasteiger partial charge >= 0.3 is 0 Å². The lowest BCUT2D eigenvalue weighted by molar-refractivity contribution is -0.113. The van der Waals surface area contributed by atoms with Crippen molar-refractivity contribution in [1.29, 1.82) is 0 Å². The number of fused-ring (bicyclic) bond motifs is 1. The van der Waals surface area contributed by atoms with Crippen molar-refractivity contribution in [3.05, 3.63) is 45.3 Å². The number of para-hydroxylation sites is 1. The summed E-state index contributed by atoms with van der Waals surface area (Å²) in [7, 11) is 0. The van der Waals surface area contributed by atoms with E-state index in [0.29, 0.717) is 10.9 Å². The second-order valence-electron chi connectivity index (χ2n) is 4.96. The Labute approximate surface area is 151 Å². The zero-order valence-corrected chi connectivity index (χ0v) is 15.6. The summed E-state index contributed by atoms with van der Waals surface area (Å²) in [6.45, 7) is 3.87. The summed E-state index contributed by atoms with van der Waals surface area (Å²) in [6.07, 6.45) is 0. The number of nitrogens with one attached hydrogen (secondary N) is 1. The topological polar surface area (TPSA) is 72.2 Å². The molecule has 1 amide bonds. The van der Waals surface area contributed by atoms with Gasteiger partial charge in [0.25, 0.3) is 5.78 Å². The third-order valence-electron chi connectivity index (χ3n) is 3.08. The maximum atomic E-state index is 12.1. The van der Waals surface area contributed by atoms with Crippen molar-refractivity contribution in [2.45, 2.75) is 19.0 Å². The number of hydrogen-bond acceptors (Lipinski definition) is 5. The van der Waals surface area contributed by atoms with Crippen molar-refractivity contribution in [1.82, 2.24) is 19.6 Å². The summed E-state index contributed by atoms with van der Waals surface area (Å²) < 4.78 is 2.69. The SMILES string of the molecule is Cc1cc(C)n2nc(SCC(=O)Nc3ccccc3I)nc2n1. The summed E-state index contributed by atoms with van der Waals surface area (Å²) >= 11 is 3.49. The highest BCUT2D eigenvalue weighted by Crippen LogP contribution is 2.19. The van der Waals surface area contributed by atoms with Crippen LogP contribution in [0.4, 0.5) is 5.69 Å². The molecule has 118 valence electrons. The van der Waals surface area contributed by atoms with Gasteiger partial charge in [0.05, 0.1) is 11.4 Å². The van der Waals surface area contributed by atoms with Gasteiger partial charge in [-0.25, -0.2) is 9.50 Å². The number of aromatic nitrogens is 4. The average molecular weight is 439 g/mol. The number of nitrogens with zero attached hydrogens (tertiary/aromatic N) is 4. The van der Waals surface area contributed by atoms with E-state index in [-0.39, 0.29) is 11.7 Å². The second-order valence-corrected chi connectivity index (χ2v) is 7.07.